The Morgan fingerprint density at radius 3 is 3.00 bits per heavy atom. The molecule has 12 heavy (non-hydrogen) atoms. The molecule has 0 atom stereocenters. The fourth-order valence-electron chi connectivity index (χ4n) is 0.786. The second kappa shape index (κ2) is 5.18. The van der Waals surface area contributed by atoms with Crippen LogP contribution in [0, 0.1) is 0 Å². The average molecular weight is 202 g/mol. The molecule has 64 valence electrons. The normalized spacial score (nSPS) is 10.8. The highest BCUT2D eigenvalue weighted by Gasteiger charge is 1.92. The van der Waals surface area contributed by atoms with Gasteiger partial charge < -0.3 is 0 Å². The molecule has 3 heteroatoms. The number of nitrogens with zero attached hydrogens (tertiary/aromatic N) is 1. The molecule has 0 aliphatic heterocycles. The third-order valence-corrected chi connectivity index (χ3v) is 1.93. The molecule has 0 radical (unpaired) electrons. The molecule has 1 aromatic heterocycles. The van der Waals surface area contributed by atoms with Crippen molar-refractivity contribution in [2.45, 2.75) is 6.42 Å². The number of hydrogen-bond donors (Lipinski definition) is 0. The van der Waals surface area contributed by atoms with Gasteiger partial charge in [-0.2, -0.15) is 0 Å². The molecule has 0 aliphatic rings. The maximum absolute atomic E-state index is 5.88. The molecule has 0 saturated heterocycles. The molecule has 0 saturated carbocycles. The third-order valence-electron chi connectivity index (χ3n) is 1.37. The summed E-state index contributed by atoms with van der Waals surface area (Å²) in [6, 6.07) is 1.77. The molecule has 0 unspecified atom stereocenters. The minimum Gasteiger partial charge on any atom is -0.264 e. The van der Waals surface area contributed by atoms with Crippen LogP contribution >= 0.6 is 23.2 Å². The highest BCUT2D eigenvalue weighted by atomic mass is 35.5. The molecule has 1 nitrogen and oxygen atoms in total. The first-order chi connectivity index (χ1) is 5.84. The molecule has 1 aromatic rings. The van der Waals surface area contributed by atoms with Crippen LogP contribution in [0.4, 0.5) is 0 Å². The van der Waals surface area contributed by atoms with Crippen molar-refractivity contribution in [3.05, 3.63) is 35.1 Å². The maximum Gasteiger partial charge on any atom is 0.0509 e. The van der Waals surface area contributed by atoms with Crippen molar-refractivity contribution in [2.24, 2.45) is 0 Å². The van der Waals surface area contributed by atoms with Gasteiger partial charge in [-0.3, -0.25) is 4.98 Å². The van der Waals surface area contributed by atoms with E-state index >= 15 is 0 Å². The topological polar surface area (TPSA) is 12.9 Å². The Hall–Kier alpha value is -0.530. The lowest BCUT2D eigenvalue weighted by molar-refractivity contribution is 1.24. The Morgan fingerprint density at radius 2 is 2.33 bits per heavy atom. The van der Waals surface area contributed by atoms with Gasteiger partial charge in [0.15, 0.2) is 0 Å². The van der Waals surface area contributed by atoms with Gasteiger partial charge in [-0.15, -0.1) is 11.6 Å². The van der Waals surface area contributed by atoms with Crippen LogP contribution in [0.2, 0.25) is 5.02 Å². The SMILES string of the molecule is ClCCC=Cc1cnccc1Cl. The molecule has 0 fully saturated rings. The molecule has 0 aliphatic carbocycles. The van der Waals surface area contributed by atoms with Gasteiger partial charge in [0, 0.05) is 23.8 Å². The van der Waals surface area contributed by atoms with Gasteiger partial charge in [-0.05, 0) is 12.5 Å². The van der Waals surface area contributed by atoms with E-state index in [9.17, 15) is 0 Å². The molecule has 0 spiro atoms. The highest BCUT2D eigenvalue weighted by molar-refractivity contribution is 6.32. The Labute approximate surface area is 82.0 Å². The summed E-state index contributed by atoms with van der Waals surface area (Å²) in [5, 5.41) is 0.718. The van der Waals surface area contributed by atoms with E-state index in [1.54, 1.807) is 18.5 Å². The smallest absolute Gasteiger partial charge is 0.0509 e. The zero-order chi connectivity index (χ0) is 8.81. The second-order valence-corrected chi connectivity index (χ2v) is 3.06. The zero-order valence-electron chi connectivity index (χ0n) is 6.50. The number of rotatable bonds is 3. The number of hydrogen-bond acceptors (Lipinski definition) is 1. The van der Waals surface area contributed by atoms with Crippen molar-refractivity contribution in [3.63, 3.8) is 0 Å². The number of aromatic nitrogens is 1. The van der Waals surface area contributed by atoms with Crippen LogP contribution in [0.1, 0.15) is 12.0 Å². The minimum absolute atomic E-state index is 0.633. The summed E-state index contributed by atoms with van der Waals surface area (Å²) in [5.74, 6) is 0.633. The quantitative estimate of drug-likeness (QED) is 0.684. The van der Waals surface area contributed by atoms with Crippen LogP contribution < -0.4 is 0 Å². The van der Waals surface area contributed by atoms with Crippen LogP contribution in [-0.2, 0) is 0 Å². The predicted molar refractivity (Wildman–Crippen MR) is 53.6 cm³/mol. The Bertz CT molecular complexity index is 271. The van der Waals surface area contributed by atoms with Gasteiger partial charge in [0.05, 0.1) is 5.02 Å². The lowest BCUT2D eigenvalue weighted by Crippen LogP contribution is -1.77. The molecule has 1 rings (SSSR count). The van der Waals surface area contributed by atoms with Crippen molar-refractivity contribution < 1.29 is 0 Å². The van der Waals surface area contributed by atoms with E-state index in [2.05, 4.69) is 4.98 Å². The number of alkyl halides is 1. The van der Waals surface area contributed by atoms with Crippen molar-refractivity contribution in [1.82, 2.24) is 4.98 Å². The van der Waals surface area contributed by atoms with Crippen LogP contribution in [0.25, 0.3) is 6.08 Å². The van der Waals surface area contributed by atoms with Gasteiger partial charge in [-0.1, -0.05) is 23.8 Å². The first-order valence-corrected chi connectivity index (χ1v) is 4.58. The van der Waals surface area contributed by atoms with Gasteiger partial charge in [-0.25, -0.2) is 0 Å². The number of halogens is 2. The summed E-state index contributed by atoms with van der Waals surface area (Å²) < 4.78 is 0. The molecule has 0 amide bonds. The maximum atomic E-state index is 5.88. The van der Waals surface area contributed by atoms with Crippen LogP contribution in [0.3, 0.4) is 0 Å². The fraction of sp³-hybridized carbons (Fsp3) is 0.222. The fourth-order valence-corrected chi connectivity index (χ4v) is 1.08. The monoisotopic (exact) mass is 201 g/mol. The predicted octanol–water partition coefficient (Wildman–Crippen LogP) is 3.38. The lowest BCUT2D eigenvalue weighted by atomic mass is 10.2. The number of pyridine rings is 1. The molecular formula is C9H9Cl2N. The van der Waals surface area contributed by atoms with Crippen molar-refractivity contribution in [3.8, 4) is 0 Å². The summed E-state index contributed by atoms with van der Waals surface area (Å²) >= 11 is 11.4. The summed E-state index contributed by atoms with van der Waals surface area (Å²) in [4.78, 5) is 3.96. The van der Waals surface area contributed by atoms with Gasteiger partial charge in [0.2, 0.25) is 0 Å². The Kier molecular flexibility index (Phi) is 4.12. The van der Waals surface area contributed by atoms with Crippen LogP contribution in [-0.4, -0.2) is 10.9 Å². The van der Waals surface area contributed by atoms with Gasteiger partial charge in [0.1, 0.15) is 0 Å². The van der Waals surface area contributed by atoms with Crippen molar-refractivity contribution >= 4 is 29.3 Å². The number of allylic oxidation sites excluding steroid dienone is 1. The zero-order valence-corrected chi connectivity index (χ0v) is 8.02. The van der Waals surface area contributed by atoms with Crippen LogP contribution in [0.5, 0.6) is 0 Å². The average Bonchev–Trinajstić information content (AvgIpc) is 2.09. The highest BCUT2D eigenvalue weighted by Crippen LogP contribution is 2.14. The summed E-state index contributed by atoms with van der Waals surface area (Å²) in [6.45, 7) is 0. The Balaban J connectivity index is 2.68. The van der Waals surface area contributed by atoms with E-state index in [0.29, 0.717) is 5.88 Å². The van der Waals surface area contributed by atoms with E-state index in [1.807, 2.05) is 12.2 Å². The summed E-state index contributed by atoms with van der Waals surface area (Å²) in [5.41, 5.74) is 0.935. The van der Waals surface area contributed by atoms with E-state index in [-0.39, 0.29) is 0 Å². The molecule has 0 aromatic carbocycles. The van der Waals surface area contributed by atoms with Crippen molar-refractivity contribution in [2.75, 3.05) is 5.88 Å². The minimum atomic E-state index is 0.633. The van der Waals surface area contributed by atoms with E-state index in [1.165, 1.54) is 0 Å². The molecule has 0 N–H and O–H groups in total. The second-order valence-electron chi connectivity index (χ2n) is 2.28. The molecular weight excluding hydrogens is 193 g/mol. The Morgan fingerprint density at radius 1 is 1.50 bits per heavy atom. The first kappa shape index (κ1) is 9.56. The largest absolute Gasteiger partial charge is 0.264 e. The first-order valence-electron chi connectivity index (χ1n) is 3.66. The van der Waals surface area contributed by atoms with Gasteiger partial charge >= 0.3 is 0 Å². The van der Waals surface area contributed by atoms with Crippen molar-refractivity contribution in [1.29, 1.82) is 0 Å². The summed E-state index contributed by atoms with van der Waals surface area (Å²) in [6.07, 6.45) is 8.16. The third kappa shape index (κ3) is 2.84. The van der Waals surface area contributed by atoms with E-state index < -0.39 is 0 Å². The standard InChI is InChI=1S/C9H9Cl2N/c10-5-2-1-3-8-7-12-6-4-9(8)11/h1,3-4,6-7H,2,5H2. The lowest BCUT2D eigenvalue weighted by Gasteiger charge is -1.94. The molecule has 0 bridgehead atoms. The molecule has 1 heterocycles. The van der Waals surface area contributed by atoms with E-state index in [0.717, 1.165) is 17.0 Å². The van der Waals surface area contributed by atoms with Gasteiger partial charge in [0.25, 0.3) is 0 Å². The summed E-state index contributed by atoms with van der Waals surface area (Å²) in [7, 11) is 0. The van der Waals surface area contributed by atoms with Crippen LogP contribution in [0.15, 0.2) is 24.5 Å². The van der Waals surface area contributed by atoms with E-state index in [4.69, 9.17) is 23.2 Å².